The molecule has 0 saturated heterocycles. The van der Waals surface area contributed by atoms with Crippen molar-refractivity contribution in [3.8, 4) is 0 Å². The molecule has 13 heavy (non-hydrogen) atoms. The van der Waals surface area contributed by atoms with Crippen LogP contribution in [0.4, 0.5) is 0 Å². The fourth-order valence-corrected chi connectivity index (χ4v) is 0.971. The van der Waals surface area contributed by atoms with Gasteiger partial charge in [-0.1, -0.05) is 6.42 Å². The van der Waals surface area contributed by atoms with Crippen LogP contribution in [0.2, 0.25) is 0 Å². The molecular formula is C8H20N4O. The van der Waals surface area contributed by atoms with Gasteiger partial charge in [-0.05, 0) is 26.3 Å². The second-order valence-corrected chi connectivity index (χ2v) is 3.19. The van der Waals surface area contributed by atoms with E-state index < -0.39 is 6.04 Å². The summed E-state index contributed by atoms with van der Waals surface area (Å²) in [5.74, 6) is -0.188. The maximum atomic E-state index is 11.2. The Kier molecular flexibility index (Phi) is 6.48. The molecule has 0 aromatic heterocycles. The Bertz CT molecular complexity index is 149. The van der Waals surface area contributed by atoms with Crippen molar-refractivity contribution in [3.05, 3.63) is 0 Å². The van der Waals surface area contributed by atoms with E-state index in [2.05, 4.69) is 5.32 Å². The molecule has 0 aromatic carbocycles. The number of rotatable bonds is 6. The Morgan fingerprint density at radius 3 is 2.46 bits per heavy atom. The van der Waals surface area contributed by atoms with Crippen molar-refractivity contribution in [1.29, 1.82) is 0 Å². The first-order valence-corrected chi connectivity index (χ1v) is 4.59. The Balaban J connectivity index is 3.57. The standard InChI is InChI=1S/C8H20N4O/c1-6(10)12-8(13)7(11)4-2-3-5-9/h6-7H,2-5,9-11H2,1H3,(H,12,13)/t6-,7+/m1/s1. The topological polar surface area (TPSA) is 107 Å². The molecule has 0 unspecified atom stereocenters. The minimum Gasteiger partial charge on any atom is -0.340 e. The van der Waals surface area contributed by atoms with Crippen molar-refractivity contribution < 1.29 is 4.79 Å². The van der Waals surface area contributed by atoms with Crippen LogP contribution < -0.4 is 22.5 Å². The van der Waals surface area contributed by atoms with Gasteiger partial charge in [0.1, 0.15) is 0 Å². The van der Waals surface area contributed by atoms with Crippen LogP contribution in [-0.4, -0.2) is 24.7 Å². The number of nitrogens with two attached hydrogens (primary N) is 3. The van der Waals surface area contributed by atoms with E-state index in [1.165, 1.54) is 0 Å². The first-order valence-electron chi connectivity index (χ1n) is 4.59. The summed E-state index contributed by atoms with van der Waals surface area (Å²) in [4.78, 5) is 11.2. The smallest absolute Gasteiger partial charge is 0.238 e. The molecule has 78 valence electrons. The number of hydrogen-bond acceptors (Lipinski definition) is 4. The third-order valence-electron chi connectivity index (χ3n) is 1.68. The lowest BCUT2D eigenvalue weighted by Crippen LogP contribution is -2.47. The zero-order valence-corrected chi connectivity index (χ0v) is 8.12. The first-order chi connectivity index (χ1) is 6.07. The van der Waals surface area contributed by atoms with Crippen LogP contribution in [0.25, 0.3) is 0 Å². The zero-order valence-electron chi connectivity index (χ0n) is 8.12. The molecule has 0 rings (SSSR count). The van der Waals surface area contributed by atoms with Crippen molar-refractivity contribution >= 4 is 5.91 Å². The lowest BCUT2D eigenvalue weighted by molar-refractivity contribution is -0.123. The molecule has 0 aliphatic rings. The molecule has 2 atom stereocenters. The second-order valence-electron chi connectivity index (χ2n) is 3.19. The van der Waals surface area contributed by atoms with Gasteiger partial charge in [-0.3, -0.25) is 4.79 Å². The van der Waals surface area contributed by atoms with E-state index in [9.17, 15) is 4.79 Å². The summed E-state index contributed by atoms with van der Waals surface area (Å²) >= 11 is 0. The van der Waals surface area contributed by atoms with Gasteiger partial charge in [-0.25, -0.2) is 0 Å². The highest BCUT2D eigenvalue weighted by Crippen LogP contribution is 1.97. The third-order valence-corrected chi connectivity index (χ3v) is 1.68. The molecular weight excluding hydrogens is 168 g/mol. The summed E-state index contributed by atoms with van der Waals surface area (Å²) in [6.07, 6.45) is 2.10. The largest absolute Gasteiger partial charge is 0.340 e. The second kappa shape index (κ2) is 6.82. The van der Waals surface area contributed by atoms with E-state index in [1.54, 1.807) is 6.92 Å². The minimum absolute atomic E-state index is 0.188. The quantitative estimate of drug-likeness (QED) is 0.312. The lowest BCUT2D eigenvalue weighted by atomic mass is 10.1. The van der Waals surface area contributed by atoms with Crippen LogP contribution in [0.3, 0.4) is 0 Å². The zero-order chi connectivity index (χ0) is 10.3. The van der Waals surface area contributed by atoms with Gasteiger partial charge in [0.2, 0.25) is 5.91 Å². The monoisotopic (exact) mass is 188 g/mol. The molecule has 0 aliphatic heterocycles. The van der Waals surface area contributed by atoms with E-state index in [4.69, 9.17) is 17.2 Å². The van der Waals surface area contributed by atoms with Crippen molar-refractivity contribution in [2.75, 3.05) is 6.54 Å². The Morgan fingerprint density at radius 2 is 2.00 bits per heavy atom. The van der Waals surface area contributed by atoms with Crippen LogP contribution in [0, 0.1) is 0 Å². The Morgan fingerprint density at radius 1 is 1.38 bits per heavy atom. The predicted octanol–water partition coefficient (Wildman–Crippen LogP) is -1.14. The Labute approximate surface area is 79.0 Å². The summed E-state index contributed by atoms with van der Waals surface area (Å²) in [6, 6.07) is -0.461. The highest BCUT2D eigenvalue weighted by atomic mass is 16.2. The van der Waals surface area contributed by atoms with E-state index >= 15 is 0 Å². The maximum Gasteiger partial charge on any atom is 0.238 e. The predicted molar refractivity (Wildman–Crippen MR) is 52.7 cm³/mol. The molecule has 7 N–H and O–H groups in total. The third kappa shape index (κ3) is 6.51. The summed E-state index contributed by atoms with van der Waals surface area (Å²) in [6.45, 7) is 2.34. The van der Waals surface area contributed by atoms with Gasteiger partial charge >= 0.3 is 0 Å². The average molecular weight is 188 g/mol. The number of amides is 1. The number of hydrogen-bond donors (Lipinski definition) is 4. The molecule has 5 heteroatoms. The highest BCUT2D eigenvalue weighted by molar-refractivity contribution is 5.81. The number of unbranched alkanes of at least 4 members (excludes halogenated alkanes) is 1. The molecule has 0 aromatic rings. The fraction of sp³-hybridized carbons (Fsp3) is 0.875. The summed E-state index contributed by atoms with van der Waals surface area (Å²) in [7, 11) is 0. The molecule has 0 radical (unpaired) electrons. The molecule has 0 saturated carbocycles. The van der Waals surface area contributed by atoms with Crippen LogP contribution in [-0.2, 0) is 4.79 Å². The van der Waals surface area contributed by atoms with Gasteiger partial charge in [-0.2, -0.15) is 0 Å². The van der Waals surface area contributed by atoms with Gasteiger partial charge in [0.15, 0.2) is 0 Å². The van der Waals surface area contributed by atoms with Gasteiger partial charge in [0.05, 0.1) is 12.2 Å². The van der Waals surface area contributed by atoms with E-state index in [1.807, 2.05) is 0 Å². The molecule has 0 heterocycles. The molecule has 5 nitrogen and oxygen atoms in total. The van der Waals surface area contributed by atoms with Crippen molar-refractivity contribution in [1.82, 2.24) is 5.32 Å². The van der Waals surface area contributed by atoms with Gasteiger partial charge < -0.3 is 22.5 Å². The van der Waals surface area contributed by atoms with E-state index in [-0.39, 0.29) is 12.1 Å². The first kappa shape index (κ1) is 12.3. The molecule has 0 fully saturated rings. The summed E-state index contributed by atoms with van der Waals surface area (Å²) in [5.41, 5.74) is 16.3. The number of carbonyl (C=O) groups excluding carboxylic acids is 1. The van der Waals surface area contributed by atoms with Crippen LogP contribution >= 0.6 is 0 Å². The van der Waals surface area contributed by atoms with Crippen molar-refractivity contribution in [2.24, 2.45) is 17.2 Å². The summed E-state index contributed by atoms with van der Waals surface area (Å²) in [5, 5.41) is 2.55. The van der Waals surface area contributed by atoms with Crippen molar-refractivity contribution in [2.45, 2.75) is 38.4 Å². The molecule has 0 spiro atoms. The normalized spacial score (nSPS) is 15.1. The average Bonchev–Trinajstić information content (AvgIpc) is 2.03. The molecule has 1 amide bonds. The van der Waals surface area contributed by atoms with Gasteiger partial charge in [-0.15, -0.1) is 0 Å². The van der Waals surface area contributed by atoms with E-state index in [0.717, 1.165) is 12.8 Å². The highest BCUT2D eigenvalue weighted by Gasteiger charge is 2.12. The van der Waals surface area contributed by atoms with E-state index in [0.29, 0.717) is 13.0 Å². The lowest BCUT2D eigenvalue weighted by Gasteiger charge is -2.13. The van der Waals surface area contributed by atoms with Crippen LogP contribution in [0.5, 0.6) is 0 Å². The summed E-state index contributed by atoms with van der Waals surface area (Å²) < 4.78 is 0. The number of nitrogens with one attached hydrogen (secondary N) is 1. The van der Waals surface area contributed by atoms with Crippen molar-refractivity contribution in [3.63, 3.8) is 0 Å². The molecule has 0 bridgehead atoms. The molecule has 0 aliphatic carbocycles. The fourth-order valence-electron chi connectivity index (χ4n) is 0.971. The van der Waals surface area contributed by atoms with Gasteiger partial charge in [0.25, 0.3) is 0 Å². The van der Waals surface area contributed by atoms with Crippen LogP contribution in [0.15, 0.2) is 0 Å². The Hall–Kier alpha value is -0.650. The maximum absolute atomic E-state index is 11.2. The number of carbonyl (C=O) groups is 1. The van der Waals surface area contributed by atoms with Gasteiger partial charge in [0, 0.05) is 0 Å². The van der Waals surface area contributed by atoms with Crippen LogP contribution in [0.1, 0.15) is 26.2 Å². The SMILES string of the molecule is C[C@H](N)NC(=O)[C@@H](N)CCCCN. The minimum atomic E-state index is -0.461.